The summed E-state index contributed by atoms with van der Waals surface area (Å²) in [6.07, 6.45) is 3.44. The fourth-order valence-electron chi connectivity index (χ4n) is 1.43. The summed E-state index contributed by atoms with van der Waals surface area (Å²) in [5.74, 6) is 3.61. The van der Waals surface area contributed by atoms with E-state index in [2.05, 4.69) is 39.8 Å². The van der Waals surface area contributed by atoms with E-state index in [-0.39, 0.29) is 0 Å². The summed E-state index contributed by atoms with van der Waals surface area (Å²) in [5.41, 5.74) is 0. The lowest BCUT2D eigenvalue weighted by atomic mass is 10.1. The first-order valence-electron chi connectivity index (χ1n) is 5.72. The Balaban J connectivity index is 2.50. The maximum absolute atomic E-state index is 5.79. The topological polar surface area (TPSA) is 13.1 Å². The Hall–Kier alpha value is -0.720. The summed E-state index contributed by atoms with van der Waals surface area (Å²) in [4.78, 5) is 0. The van der Waals surface area contributed by atoms with Crippen LogP contribution in [-0.2, 0) is 6.42 Å². The van der Waals surface area contributed by atoms with E-state index in [0.29, 0.717) is 5.92 Å². The highest BCUT2D eigenvalue weighted by Crippen LogP contribution is 2.22. The molecule has 1 unspecified atom stereocenters. The third kappa shape index (κ3) is 3.21. The second-order valence-electron chi connectivity index (χ2n) is 4.55. The van der Waals surface area contributed by atoms with Gasteiger partial charge in [0.2, 0.25) is 0 Å². The highest BCUT2D eigenvalue weighted by atomic mass is 16.3. The van der Waals surface area contributed by atoms with E-state index in [0.717, 1.165) is 30.3 Å². The lowest BCUT2D eigenvalue weighted by molar-refractivity contribution is 0.420. The first kappa shape index (κ1) is 11.4. The average molecular weight is 194 g/mol. The fourth-order valence-corrected chi connectivity index (χ4v) is 1.43. The molecule has 0 aliphatic rings. The van der Waals surface area contributed by atoms with E-state index in [1.54, 1.807) is 0 Å². The SMILES string of the molecule is CCC(C)c1ccc(CCC(C)C)o1. The van der Waals surface area contributed by atoms with Crippen LogP contribution in [0.4, 0.5) is 0 Å². The third-order valence-electron chi connectivity index (χ3n) is 2.75. The first-order chi connectivity index (χ1) is 6.63. The molecule has 1 aromatic rings. The van der Waals surface area contributed by atoms with E-state index < -0.39 is 0 Å². The van der Waals surface area contributed by atoms with Gasteiger partial charge >= 0.3 is 0 Å². The fraction of sp³-hybridized carbons (Fsp3) is 0.692. The second kappa shape index (κ2) is 5.23. The molecule has 1 heteroatoms. The molecule has 0 amide bonds. The smallest absolute Gasteiger partial charge is 0.106 e. The van der Waals surface area contributed by atoms with Crippen LogP contribution in [0.2, 0.25) is 0 Å². The number of rotatable bonds is 5. The molecule has 0 N–H and O–H groups in total. The van der Waals surface area contributed by atoms with Gasteiger partial charge in [0.05, 0.1) is 0 Å². The molecule has 14 heavy (non-hydrogen) atoms. The maximum atomic E-state index is 5.79. The van der Waals surface area contributed by atoms with Crippen molar-refractivity contribution in [2.75, 3.05) is 0 Å². The van der Waals surface area contributed by atoms with Gasteiger partial charge < -0.3 is 4.42 Å². The summed E-state index contributed by atoms with van der Waals surface area (Å²) in [6, 6.07) is 4.26. The van der Waals surface area contributed by atoms with Gasteiger partial charge in [-0.15, -0.1) is 0 Å². The summed E-state index contributed by atoms with van der Waals surface area (Å²) >= 11 is 0. The molecule has 0 aromatic carbocycles. The molecule has 1 heterocycles. The summed E-state index contributed by atoms with van der Waals surface area (Å²) in [7, 11) is 0. The molecule has 1 rings (SSSR count). The van der Waals surface area contributed by atoms with Gasteiger partial charge in [-0.3, -0.25) is 0 Å². The number of furan rings is 1. The Morgan fingerprint density at radius 2 is 1.93 bits per heavy atom. The highest BCUT2D eigenvalue weighted by Gasteiger charge is 2.08. The van der Waals surface area contributed by atoms with Gasteiger partial charge in [0.15, 0.2) is 0 Å². The van der Waals surface area contributed by atoms with Gasteiger partial charge in [0.1, 0.15) is 11.5 Å². The minimum atomic E-state index is 0.558. The Bertz CT molecular complexity index is 260. The minimum absolute atomic E-state index is 0.558. The predicted molar refractivity (Wildman–Crippen MR) is 60.6 cm³/mol. The van der Waals surface area contributed by atoms with E-state index in [1.165, 1.54) is 6.42 Å². The van der Waals surface area contributed by atoms with Crippen molar-refractivity contribution >= 4 is 0 Å². The van der Waals surface area contributed by atoms with Crippen molar-refractivity contribution < 1.29 is 4.42 Å². The summed E-state index contributed by atoms with van der Waals surface area (Å²) < 4.78 is 5.79. The van der Waals surface area contributed by atoms with Crippen molar-refractivity contribution in [1.82, 2.24) is 0 Å². The Morgan fingerprint density at radius 1 is 1.21 bits per heavy atom. The molecule has 0 fully saturated rings. The van der Waals surface area contributed by atoms with Crippen LogP contribution in [-0.4, -0.2) is 0 Å². The van der Waals surface area contributed by atoms with Crippen LogP contribution >= 0.6 is 0 Å². The van der Waals surface area contributed by atoms with Crippen LogP contribution in [0.5, 0.6) is 0 Å². The van der Waals surface area contributed by atoms with Crippen molar-refractivity contribution in [1.29, 1.82) is 0 Å². The zero-order valence-electron chi connectivity index (χ0n) is 9.84. The quantitative estimate of drug-likeness (QED) is 0.678. The molecule has 80 valence electrons. The molecule has 1 nitrogen and oxygen atoms in total. The normalized spacial score (nSPS) is 13.5. The predicted octanol–water partition coefficient (Wildman–Crippen LogP) is 4.38. The van der Waals surface area contributed by atoms with E-state index in [4.69, 9.17) is 4.42 Å². The molecule has 0 saturated carbocycles. The number of aryl methyl sites for hydroxylation is 1. The van der Waals surface area contributed by atoms with Crippen LogP contribution in [0.1, 0.15) is 58.0 Å². The Kier molecular flexibility index (Phi) is 4.24. The average Bonchev–Trinajstić information content (AvgIpc) is 2.62. The van der Waals surface area contributed by atoms with Crippen LogP contribution < -0.4 is 0 Å². The molecule has 0 spiro atoms. The summed E-state index contributed by atoms with van der Waals surface area (Å²) in [5, 5.41) is 0. The third-order valence-corrected chi connectivity index (χ3v) is 2.75. The van der Waals surface area contributed by atoms with Crippen LogP contribution in [0.3, 0.4) is 0 Å². The first-order valence-corrected chi connectivity index (χ1v) is 5.72. The summed E-state index contributed by atoms with van der Waals surface area (Å²) in [6.45, 7) is 8.91. The van der Waals surface area contributed by atoms with Gasteiger partial charge in [-0.2, -0.15) is 0 Å². The minimum Gasteiger partial charge on any atom is -0.466 e. The second-order valence-corrected chi connectivity index (χ2v) is 4.55. The van der Waals surface area contributed by atoms with E-state index >= 15 is 0 Å². The largest absolute Gasteiger partial charge is 0.466 e. The molecule has 0 aliphatic heterocycles. The lowest BCUT2D eigenvalue weighted by Gasteiger charge is -2.04. The lowest BCUT2D eigenvalue weighted by Crippen LogP contribution is -1.91. The van der Waals surface area contributed by atoms with Gasteiger partial charge in [0, 0.05) is 12.3 Å². The van der Waals surface area contributed by atoms with Crippen molar-refractivity contribution in [3.8, 4) is 0 Å². The van der Waals surface area contributed by atoms with E-state index in [9.17, 15) is 0 Å². The molecular formula is C13H22O. The molecule has 0 radical (unpaired) electrons. The monoisotopic (exact) mass is 194 g/mol. The molecule has 0 saturated heterocycles. The van der Waals surface area contributed by atoms with Crippen molar-refractivity contribution in [3.63, 3.8) is 0 Å². The molecule has 0 aliphatic carbocycles. The zero-order valence-corrected chi connectivity index (χ0v) is 9.84. The maximum Gasteiger partial charge on any atom is 0.106 e. The van der Waals surface area contributed by atoms with Gasteiger partial charge in [0.25, 0.3) is 0 Å². The van der Waals surface area contributed by atoms with E-state index in [1.807, 2.05) is 0 Å². The van der Waals surface area contributed by atoms with Gasteiger partial charge in [-0.25, -0.2) is 0 Å². The Labute approximate surface area is 87.5 Å². The molecule has 1 atom stereocenters. The Morgan fingerprint density at radius 3 is 2.50 bits per heavy atom. The molecular weight excluding hydrogens is 172 g/mol. The van der Waals surface area contributed by atoms with Gasteiger partial charge in [-0.1, -0.05) is 27.7 Å². The van der Waals surface area contributed by atoms with Crippen LogP contribution in [0.25, 0.3) is 0 Å². The van der Waals surface area contributed by atoms with Crippen molar-refractivity contribution in [3.05, 3.63) is 23.7 Å². The number of hydrogen-bond donors (Lipinski definition) is 0. The van der Waals surface area contributed by atoms with Crippen LogP contribution in [0, 0.1) is 5.92 Å². The standard InChI is InChI=1S/C13H22O/c1-5-11(4)13-9-8-12(14-13)7-6-10(2)3/h8-11H,5-7H2,1-4H3. The highest BCUT2D eigenvalue weighted by molar-refractivity contribution is 5.10. The van der Waals surface area contributed by atoms with Gasteiger partial charge in [-0.05, 0) is 30.9 Å². The molecule has 1 aromatic heterocycles. The van der Waals surface area contributed by atoms with Crippen molar-refractivity contribution in [2.24, 2.45) is 5.92 Å². The van der Waals surface area contributed by atoms with Crippen molar-refractivity contribution in [2.45, 2.75) is 52.9 Å². The molecule has 0 bridgehead atoms. The number of hydrogen-bond acceptors (Lipinski definition) is 1. The zero-order chi connectivity index (χ0) is 10.6. The van der Waals surface area contributed by atoms with Crippen LogP contribution in [0.15, 0.2) is 16.5 Å².